The van der Waals surface area contributed by atoms with Crippen LogP contribution >= 0.6 is 11.6 Å². The number of nitrogens with zero attached hydrogens (tertiary/aromatic N) is 6. The molecule has 0 radical (unpaired) electrons. The van der Waals surface area contributed by atoms with Crippen LogP contribution in [-0.2, 0) is 30.7 Å². The molecule has 1 aliphatic rings. The molecule has 2 aromatic heterocycles. The van der Waals surface area contributed by atoms with Crippen LogP contribution in [0.15, 0.2) is 24.3 Å². The Morgan fingerprint density at radius 1 is 1.21 bits per heavy atom. The third-order valence-corrected chi connectivity index (χ3v) is 5.25. The average Bonchev–Trinajstić information content (AvgIpc) is 3.23. The van der Waals surface area contributed by atoms with Gasteiger partial charge in [-0.15, -0.1) is 15.3 Å². The van der Waals surface area contributed by atoms with Gasteiger partial charge in [-0.2, -0.15) is 0 Å². The Bertz CT molecular complexity index is 1010. The van der Waals surface area contributed by atoms with Crippen LogP contribution in [0.1, 0.15) is 60.4 Å². The van der Waals surface area contributed by atoms with E-state index in [1.807, 2.05) is 19.1 Å². The molecule has 0 bridgehead atoms. The molecule has 1 aromatic carbocycles. The zero-order valence-corrected chi connectivity index (χ0v) is 17.1. The van der Waals surface area contributed by atoms with E-state index in [9.17, 15) is 4.79 Å². The van der Waals surface area contributed by atoms with E-state index < -0.39 is 5.97 Å². The molecule has 1 aliphatic heterocycles. The minimum Gasteiger partial charge on any atom is -0.453 e. The molecule has 4 rings (SSSR count). The highest BCUT2D eigenvalue weighted by atomic mass is 35.5. The molecule has 0 saturated heterocycles. The maximum Gasteiger partial charge on any atom is 0.361 e. The summed E-state index contributed by atoms with van der Waals surface area (Å²) in [4.78, 5) is 12.8. The SMILES string of the molecule is CCCc1c(C(=O)OCc2nnc3n2CCCCC3)nnn1-c1cccc(Cl)c1. The van der Waals surface area contributed by atoms with Gasteiger partial charge in [-0.05, 0) is 37.5 Å². The van der Waals surface area contributed by atoms with Crippen LogP contribution in [-0.4, -0.2) is 35.7 Å². The lowest BCUT2D eigenvalue weighted by Crippen LogP contribution is -2.13. The third kappa shape index (κ3) is 4.17. The molecule has 0 unspecified atom stereocenters. The number of esters is 1. The molecule has 8 nitrogen and oxygen atoms in total. The molecule has 9 heteroatoms. The lowest BCUT2D eigenvalue weighted by Gasteiger charge is -2.09. The largest absolute Gasteiger partial charge is 0.453 e. The fourth-order valence-electron chi connectivity index (χ4n) is 3.59. The predicted molar refractivity (Wildman–Crippen MR) is 107 cm³/mol. The Hall–Kier alpha value is -2.74. The van der Waals surface area contributed by atoms with Crippen LogP contribution < -0.4 is 0 Å². The molecule has 0 saturated carbocycles. The number of aromatic nitrogens is 6. The van der Waals surface area contributed by atoms with Crippen LogP contribution in [0.5, 0.6) is 0 Å². The van der Waals surface area contributed by atoms with Crippen molar-refractivity contribution in [3.05, 3.63) is 52.3 Å². The van der Waals surface area contributed by atoms with E-state index in [1.54, 1.807) is 16.8 Å². The first-order valence-electron chi connectivity index (χ1n) is 9.96. The molecule has 0 atom stereocenters. The molecule has 3 heterocycles. The Balaban J connectivity index is 1.54. The number of hydrogen-bond donors (Lipinski definition) is 0. The van der Waals surface area contributed by atoms with Crippen molar-refractivity contribution in [2.75, 3.05) is 0 Å². The molecule has 0 aliphatic carbocycles. The van der Waals surface area contributed by atoms with Crippen molar-refractivity contribution in [3.8, 4) is 5.69 Å². The first-order chi connectivity index (χ1) is 14.2. The van der Waals surface area contributed by atoms with Gasteiger partial charge in [0.15, 0.2) is 18.1 Å². The summed E-state index contributed by atoms with van der Waals surface area (Å²) in [6.07, 6.45) is 5.77. The van der Waals surface area contributed by atoms with Crippen molar-refractivity contribution in [2.45, 2.75) is 58.6 Å². The fourth-order valence-corrected chi connectivity index (χ4v) is 3.77. The fraction of sp³-hybridized carbons (Fsp3) is 0.450. The minimum atomic E-state index is -0.507. The highest BCUT2D eigenvalue weighted by Crippen LogP contribution is 2.20. The lowest BCUT2D eigenvalue weighted by atomic mass is 10.2. The van der Waals surface area contributed by atoms with Gasteiger partial charge in [0.05, 0.1) is 11.4 Å². The summed E-state index contributed by atoms with van der Waals surface area (Å²) >= 11 is 6.10. The van der Waals surface area contributed by atoms with Gasteiger partial charge < -0.3 is 9.30 Å². The Kier molecular flexibility index (Phi) is 5.89. The summed E-state index contributed by atoms with van der Waals surface area (Å²) in [6.45, 7) is 2.97. The van der Waals surface area contributed by atoms with Gasteiger partial charge in [0, 0.05) is 18.0 Å². The molecule has 0 spiro atoms. The zero-order chi connectivity index (χ0) is 20.2. The predicted octanol–water partition coefficient (Wildman–Crippen LogP) is 3.55. The smallest absolute Gasteiger partial charge is 0.361 e. The van der Waals surface area contributed by atoms with E-state index in [0.717, 1.165) is 43.7 Å². The van der Waals surface area contributed by atoms with Gasteiger partial charge in [0.2, 0.25) is 0 Å². The number of carbonyl (C=O) groups is 1. The lowest BCUT2D eigenvalue weighted by molar-refractivity contribution is 0.0449. The van der Waals surface area contributed by atoms with Crippen molar-refractivity contribution in [2.24, 2.45) is 0 Å². The second-order valence-electron chi connectivity index (χ2n) is 7.10. The number of carbonyl (C=O) groups excluding carboxylic acids is 1. The minimum absolute atomic E-state index is 0.0709. The van der Waals surface area contributed by atoms with Crippen LogP contribution in [0.2, 0.25) is 5.02 Å². The van der Waals surface area contributed by atoms with Gasteiger partial charge in [-0.3, -0.25) is 0 Å². The van der Waals surface area contributed by atoms with Gasteiger partial charge in [0.25, 0.3) is 0 Å². The molecular formula is C20H23ClN6O2. The standard InChI is InChI=1S/C20H23ClN6O2/c1-2-7-16-19(24-25-27(16)15-9-6-8-14(21)12-15)20(28)29-13-18-23-22-17-10-4-3-5-11-26(17)18/h6,8-9,12H,2-5,7,10-11,13H2,1H3. The van der Waals surface area contributed by atoms with E-state index in [2.05, 4.69) is 25.1 Å². The Labute approximate surface area is 173 Å². The molecule has 29 heavy (non-hydrogen) atoms. The van der Waals surface area contributed by atoms with E-state index in [-0.39, 0.29) is 12.3 Å². The molecular weight excluding hydrogens is 392 g/mol. The average molecular weight is 415 g/mol. The topological polar surface area (TPSA) is 87.7 Å². The number of ether oxygens (including phenoxy) is 1. The normalized spacial score (nSPS) is 13.7. The number of rotatable bonds is 6. The Morgan fingerprint density at radius 3 is 2.93 bits per heavy atom. The van der Waals surface area contributed by atoms with Crippen LogP contribution in [0.3, 0.4) is 0 Å². The first-order valence-corrected chi connectivity index (χ1v) is 10.3. The molecule has 0 fully saturated rings. The third-order valence-electron chi connectivity index (χ3n) is 5.01. The van der Waals surface area contributed by atoms with Gasteiger partial charge in [-0.25, -0.2) is 9.48 Å². The summed E-state index contributed by atoms with van der Waals surface area (Å²) in [5.74, 6) is 1.13. The number of halogens is 1. The van der Waals surface area contributed by atoms with E-state index in [1.165, 1.54) is 6.42 Å². The van der Waals surface area contributed by atoms with Gasteiger partial charge >= 0.3 is 5.97 Å². The quantitative estimate of drug-likeness (QED) is 0.573. The number of fused-ring (bicyclic) bond motifs is 1. The van der Waals surface area contributed by atoms with E-state index in [0.29, 0.717) is 23.0 Å². The summed E-state index contributed by atoms with van der Waals surface area (Å²) in [7, 11) is 0. The number of benzene rings is 1. The van der Waals surface area contributed by atoms with Gasteiger partial charge in [-0.1, -0.05) is 42.6 Å². The van der Waals surface area contributed by atoms with Crippen LogP contribution in [0.25, 0.3) is 5.69 Å². The zero-order valence-electron chi connectivity index (χ0n) is 16.3. The molecule has 152 valence electrons. The summed E-state index contributed by atoms with van der Waals surface area (Å²) < 4.78 is 9.25. The maximum atomic E-state index is 12.8. The molecule has 0 N–H and O–H groups in total. The van der Waals surface area contributed by atoms with Gasteiger partial charge in [0.1, 0.15) is 5.82 Å². The van der Waals surface area contributed by atoms with Crippen molar-refractivity contribution >= 4 is 17.6 Å². The van der Waals surface area contributed by atoms with Crippen molar-refractivity contribution in [1.82, 2.24) is 29.8 Å². The highest BCUT2D eigenvalue weighted by Gasteiger charge is 2.23. The number of aryl methyl sites for hydroxylation is 1. The summed E-state index contributed by atoms with van der Waals surface area (Å²) in [5, 5.41) is 17.3. The summed E-state index contributed by atoms with van der Waals surface area (Å²) in [5.41, 5.74) is 1.69. The van der Waals surface area contributed by atoms with Crippen molar-refractivity contribution in [1.29, 1.82) is 0 Å². The molecule has 3 aromatic rings. The Morgan fingerprint density at radius 2 is 2.10 bits per heavy atom. The monoisotopic (exact) mass is 414 g/mol. The van der Waals surface area contributed by atoms with Crippen molar-refractivity contribution in [3.63, 3.8) is 0 Å². The summed E-state index contributed by atoms with van der Waals surface area (Å²) in [6, 6.07) is 7.29. The highest BCUT2D eigenvalue weighted by molar-refractivity contribution is 6.30. The van der Waals surface area contributed by atoms with Crippen molar-refractivity contribution < 1.29 is 9.53 Å². The van der Waals surface area contributed by atoms with E-state index >= 15 is 0 Å². The maximum absolute atomic E-state index is 12.8. The van der Waals surface area contributed by atoms with Crippen LogP contribution in [0.4, 0.5) is 0 Å². The number of hydrogen-bond acceptors (Lipinski definition) is 6. The first kappa shape index (κ1) is 19.6. The van der Waals surface area contributed by atoms with E-state index in [4.69, 9.17) is 16.3 Å². The van der Waals surface area contributed by atoms with Crippen LogP contribution in [0, 0.1) is 0 Å². The molecule has 0 amide bonds. The second kappa shape index (κ2) is 8.73. The second-order valence-corrected chi connectivity index (χ2v) is 7.53.